The van der Waals surface area contributed by atoms with Crippen LogP contribution in [0.5, 0.6) is 0 Å². The Morgan fingerprint density at radius 2 is 1.20 bits per heavy atom. The molecule has 0 amide bonds. The SMILES string of the molecule is CCCCCCCCCCCCC=NC. The van der Waals surface area contributed by atoms with Crippen molar-refractivity contribution in [2.75, 3.05) is 7.05 Å². The Hall–Kier alpha value is -0.330. The van der Waals surface area contributed by atoms with Gasteiger partial charge in [-0.3, -0.25) is 0 Å². The normalized spacial score (nSPS) is 11.3. The topological polar surface area (TPSA) is 12.4 Å². The summed E-state index contributed by atoms with van der Waals surface area (Å²) in [6.07, 6.45) is 17.4. The van der Waals surface area contributed by atoms with Crippen molar-refractivity contribution >= 4 is 6.21 Å². The van der Waals surface area contributed by atoms with Crippen molar-refractivity contribution in [3.8, 4) is 0 Å². The number of rotatable bonds is 11. The van der Waals surface area contributed by atoms with Gasteiger partial charge in [-0.25, -0.2) is 0 Å². The zero-order valence-electron chi connectivity index (χ0n) is 10.8. The number of unbranched alkanes of at least 4 members (excludes halogenated alkanes) is 10. The Kier molecular flexibility index (Phi) is 13.4. The fraction of sp³-hybridized carbons (Fsp3) is 0.929. The van der Waals surface area contributed by atoms with E-state index in [9.17, 15) is 0 Å². The molecule has 0 fully saturated rings. The van der Waals surface area contributed by atoms with Gasteiger partial charge in [0.15, 0.2) is 0 Å². The second-order valence-corrected chi connectivity index (χ2v) is 4.41. The van der Waals surface area contributed by atoms with Gasteiger partial charge in [0.2, 0.25) is 0 Å². The summed E-state index contributed by atoms with van der Waals surface area (Å²) >= 11 is 0. The third-order valence-corrected chi connectivity index (χ3v) is 2.87. The van der Waals surface area contributed by atoms with Crippen molar-refractivity contribution in [2.24, 2.45) is 4.99 Å². The minimum Gasteiger partial charge on any atom is -0.301 e. The van der Waals surface area contributed by atoms with E-state index in [1.54, 1.807) is 0 Å². The molecule has 0 spiro atoms. The molecule has 0 aliphatic heterocycles. The smallest absolute Gasteiger partial charge is 0.0273 e. The predicted molar refractivity (Wildman–Crippen MR) is 70.9 cm³/mol. The molecule has 90 valence electrons. The Balaban J connectivity index is 2.86. The van der Waals surface area contributed by atoms with Crippen molar-refractivity contribution in [2.45, 2.75) is 77.6 Å². The van der Waals surface area contributed by atoms with E-state index < -0.39 is 0 Å². The fourth-order valence-corrected chi connectivity index (χ4v) is 1.85. The van der Waals surface area contributed by atoms with E-state index in [0.29, 0.717) is 0 Å². The van der Waals surface area contributed by atoms with Crippen molar-refractivity contribution in [3.63, 3.8) is 0 Å². The molecule has 0 unspecified atom stereocenters. The molecular formula is C14H29N. The summed E-state index contributed by atoms with van der Waals surface area (Å²) < 4.78 is 0. The van der Waals surface area contributed by atoms with Gasteiger partial charge in [0.1, 0.15) is 0 Å². The molecule has 0 heterocycles. The van der Waals surface area contributed by atoms with Gasteiger partial charge in [-0.1, -0.05) is 64.7 Å². The van der Waals surface area contributed by atoms with Crippen LogP contribution in [0.4, 0.5) is 0 Å². The summed E-state index contributed by atoms with van der Waals surface area (Å²) in [6, 6.07) is 0. The molecule has 0 bridgehead atoms. The molecule has 0 aromatic heterocycles. The molecule has 0 atom stereocenters. The van der Waals surface area contributed by atoms with Gasteiger partial charge in [-0.15, -0.1) is 0 Å². The number of hydrogen-bond donors (Lipinski definition) is 0. The largest absolute Gasteiger partial charge is 0.301 e. The summed E-state index contributed by atoms with van der Waals surface area (Å²) in [5.41, 5.74) is 0. The van der Waals surface area contributed by atoms with E-state index in [2.05, 4.69) is 11.9 Å². The van der Waals surface area contributed by atoms with Crippen LogP contribution >= 0.6 is 0 Å². The Labute approximate surface area is 96.4 Å². The van der Waals surface area contributed by atoms with E-state index in [-0.39, 0.29) is 0 Å². The van der Waals surface area contributed by atoms with Crippen LogP contribution in [0.15, 0.2) is 4.99 Å². The van der Waals surface area contributed by atoms with E-state index in [1.807, 2.05) is 13.3 Å². The number of aliphatic imine (C=N–C) groups is 1. The highest BCUT2D eigenvalue weighted by molar-refractivity contribution is 5.56. The molecule has 0 saturated carbocycles. The molecule has 0 saturated heterocycles. The van der Waals surface area contributed by atoms with Crippen molar-refractivity contribution in [3.05, 3.63) is 0 Å². The average molecular weight is 211 g/mol. The Bertz CT molecular complexity index is 129. The lowest BCUT2D eigenvalue weighted by atomic mass is 10.1. The van der Waals surface area contributed by atoms with Crippen LogP contribution in [0, 0.1) is 0 Å². The Morgan fingerprint density at radius 3 is 1.67 bits per heavy atom. The summed E-state index contributed by atoms with van der Waals surface area (Å²) in [6.45, 7) is 2.28. The molecule has 0 radical (unpaired) electrons. The van der Waals surface area contributed by atoms with Crippen molar-refractivity contribution < 1.29 is 0 Å². The minimum absolute atomic E-state index is 1.17. The maximum atomic E-state index is 3.99. The molecule has 15 heavy (non-hydrogen) atoms. The van der Waals surface area contributed by atoms with Gasteiger partial charge in [-0.05, 0) is 19.1 Å². The van der Waals surface area contributed by atoms with Gasteiger partial charge in [0.25, 0.3) is 0 Å². The molecule has 0 N–H and O–H groups in total. The summed E-state index contributed by atoms with van der Waals surface area (Å²) in [7, 11) is 1.86. The lowest BCUT2D eigenvalue weighted by Gasteiger charge is -2.00. The zero-order valence-corrected chi connectivity index (χ0v) is 10.8. The first-order valence-electron chi connectivity index (χ1n) is 6.82. The standard InChI is InChI=1S/C14H29N/c1-3-4-5-6-7-8-9-10-11-12-13-14-15-2/h14H,3-13H2,1-2H3. The van der Waals surface area contributed by atoms with E-state index in [0.717, 1.165) is 0 Å². The van der Waals surface area contributed by atoms with Crippen LogP contribution in [0.3, 0.4) is 0 Å². The second kappa shape index (κ2) is 13.7. The third kappa shape index (κ3) is 13.7. The van der Waals surface area contributed by atoms with Crippen LogP contribution < -0.4 is 0 Å². The Morgan fingerprint density at radius 1 is 0.733 bits per heavy atom. The van der Waals surface area contributed by atoms with E-state index in [4.69, 9.17) is 0 Å². The van der Waals surface area contributed by atoms with E-state index >= 15 is 0 Å². The quantitative estimate of drug-likeness (QED) is 0.337. The zero-order chi connectivity index (χ0) is 11.2. The number of nitrogens with zero attached hydrogens (tertiary/aromatic N) is 1. The highest BCUT2D eigenvalue weighted by Crippen LogP contribution is 2.10. The van der Waals surface area contributed by atoms with Crippen LogP contribution in [0.25, 0.3) is 0 Å². The number of hydrogen-bond acceptors (Lipinski definition) is 1. The first-order chi connectivity index (χ1) is 7.41. The highest BCUT2D eigenvalue weighted by Gasteiger charge is 1.91. The van der Waals surface area contributed by atoms with Crippen LogP contribution in [0.2, 0.25) is 0 Å². The fourth-order valence-electron chi connectivity index (χ4n) is 1.85. The van der Waals surface area contributed by atoms with Crippen molar-refractivity contribution in [1.82, 2.24) is 0 Å². The molecule has 0 aromatic rings. The molecule has 1 nitrogen and oxygen atoms in total. The lowest BCUT2D eigenvalue weighted by Crippen LogP contribution is -1.82. The average Bonchev–Trinajstić information content (AvgIpc) is 2.26. The molecule has 0 aliphatic rings. The highest BCUT2D eigenvalue weighted by atomic mass is 14.6. The maximum Gasteiger partial charge on any atom is 0.0273 e. The van der Waals surface area contributed by atoms with Crippen LogP contribution in [-0.4, -0.2) is 13.3 Å². The van der Waals surface area contributed by atoms with Gasteiger partial charge in [-0.2, -0.15) is 0 Å². The van der Waals surface area contributed by atoms with E-state index in [1.165, 1.54) is 70.6 Å². The second-order valence-electron chi connectivity index (χ2n) is 4.41. The van der Waals surface area contributed by atoms with Crippen LogP contribution in [-0.2, 0) is 0 Å². The first-order valence-corrected chi connectivity index (χ1v) is 6.82. The maximum absolute atomic E-state index is 3.99. The summed E-state index contributed by atoms with van der Waals surface area (Å²) in [4.78, 5) is 3.99. The lowest BCUT2D eigenvalue weighted by molar-refractivity contribution is 0.559. The molecular weight excluding hydrogens is 182 g/mol. The molecule has 0 rings (SSSR count). The molecule has 0 aliphatic carbocycles. The minimum atomic E-state index is 1.17. The molecule has 0 aromatic carbocycles. The first kappa shape index (κ1) is 14.7. The van der Waals surface area contributed by atoms with Gasteiger partial charge >= 0.3 is 0 Å². The van der Waals surface area contributed by atoms with Crippen LogP contribution in [0.1, 0.15) is 77.6 Å². The third-order valence-electron chi connectivity index (χ3n) is 2.87. The summed E-state index contributed by atoms with van der Waals surface area (Å²) in [5, 5.41) is 0. The van der Waals surface area contributed by atoms with Gasteiger partial charge < -0.3 is 4.99 Å². The molecule has 1 heteroatoms. The monoisotopic (exact) mass is 211 g/mol. The van der Waals surface area contributed by atoms with Gasteiger partial charge in [0, 0.05) is 7.05 Å². The van der Waals surface area contributed by atoms with Crippen molar-refractivity contribution in [1.29, 1.82) is 0 Å². The summed E-state index contributed by atoms with van der Waals surface area (Å²) in [5.74, 6) is 0. The van der Waals surface area contributed by atoms with Gasteiger partial charge in [0.05, 0.1) is 0 Å². The predicted octanol–water partition coefficient (Wildman–Crippen LogP) is 5.00.